The zero-order chi connectivity index (χ0) is 12.0. The van der Waals surface area contributed by atoms with Crippen LogP contribution in [0.1, 0.15) is 32.6 Å². The number of carbonyl (C=O) groups is 1. The van der Waals surface area contributed by atoms with E-state index in [1.54, 1.807) is 4.90 Å². The lowest BCUT2D eigenvalue weighted by molar-refractivity contribution is -0.138. The van der Waals surface area contributed by atoms with Crippen LogP contribution in [0.25, 0.3) is 0 Å². The predicted octanol–water partition coefficient (Wildman–Crippen LogP) is 0.592. The maximum Gasteiger partial charge on any atom is 0.226 e. The molecule has 0 aliphatic heterocycles. The lowest BCUT2D eigenvalue weighted by atomic mass is 9.78. The first-order valence-corrected chi connectivity index (χ1v) is 6.34. The SMILES string of the molecule is CCN(CCO)C(=O)C1CCCCC1CN. The Labute approximate surface area is 97.8 Å². The number of rotatable bonds is 5. The third-order valence-corrected chi connectivity index (χ3v) is 3.59. The van der Waals surface area contributed by atoms with Gasteiger partial charge in [0.2, 0.25) is 5.91 Å². The average Bonchev–Trinajstić information content (AvgIpc) is 2.35. The van der Waals surface area contributed by atoms with Crippen molar-refractivity contribution in [1.29, 1.82) is 0 Å². The molecule has 1 aliphatic carbocycles. The average molecular weight is 228 g/mol. The first kappa shape index (κ1) is 13.5. The van der Waals surface area contributed by atoms with E-state index in [1.807, 2.05) is 6.92 Å². The molecular formula is C12H24N2O2. The highest BCUT2D eigenvalue weighted by Gasteiger charge is 2.32. The summed E-state index contributed by atoms with van der Waals surface area (Å²) in [4.78, 5) is 14.0. The first-order valence-electron chi connectivity index (χ1n) is 6.34. The molecule has 1 fully saturated rings. The number of carbonyl (C=O) groups excluding carboxylic acids is 1. The van der Waals surface area contributed by atoms with E-state index in [2.05, 4.69) is 0 Å². The van der Waals surface area contributed by atoms with Crippen molar-refractivity contribution in [3.05, 3.63) is 0 Å². The molecule has 1 rings (SSSR count). The van der Waals surface area contributed by atoms with Crippen molar-refractivity contribution in [3.63, 3.8) is 0 Å². The van der Waals surface area contributed by atoms with Crippen LogP contribution in [0.5, 0.6) is 0 Å². The Morgan fingerprint density at radius 2 is 2.12 bits per heavy atom. The Morgan fingerprint density at radius 1 is 1.44 bits per heavy atom. The molecule has 4 heteroatoms. The summed E-state index contributed by atoms with van der Waals surface area (Å²) >= 11 is 0. The number of hydrogen-bond donors (Lipinski definition) is 2. The van der Waals surface area contributed by atoms with Crippen LogP contribution >= 0.6 is 0 Å². The molecule has 2 unspecified atom stereocenters. The molecule has 1 aliphatic rings. The Bertz CT molecular complexity index is 221. The van der Waals surface area contributed by atoms with E-state index in [9.17, 15) is 4.79 Å². The number of aliphatic hydroxyl groups is 1. The van der Waals surface area contributed by atoms with E-state index >= 15 is 0 Å². The van der Waals surface area contributed by atoms with E-state index in [1.165, 1.54) is 6.42 Å². The Morgan fingerprint density at radius 3 is 2.69 bits per heavy atom. The molecule has 0 radical (unpaired) electrons. The summed E-state index contributed by atoms with van der Waals surface area (Å²) in [6, 6.07) is 0. The number of hydrogen-bond acceptors (Lipinski definition) is 3. The summed E-state index contributed by atoms with van der Waals surface area (Å²) < 4.78 is 0. The zero-order valence-electron chi connectivity index (χ0n) is 10.2. The second-order valence-electron chi connectivity index (χ2n) is 4.53. The van der Waals surface area contributed by atoms with Crippen LogP contribution < -0.4 is 5.73 Å². The molecule has 4 nitrogen and oxygen atoms in total. The third kappa shape index (κ3) is 3.19. The van der Waals surface area contributed by atoms with Crippen molar-refractivity contribution in [2.75, 3.05) is 26.2 Å². The lowest BCUT2D eigenvalue weighted by Crippen LogP contribution is -2.43. The van der Waals surface area contributed by atoms with Crippen LogP contribution in [0.3, 0.4) is 0 Å². The highest BCUT2D eigenvalue weighted by molar-refractivity contribution is 5.79. The number of likely N-dealkylation sites (N-methyl/N-ethyl adjacent to an activating group) is 1. The summed E-state index contributed by atoms with van der Waals surface area (Å²) in [7, 11) is 0. The molecule has 16 heavy (non-hydrogen) atoms. The van der Waals surface area contributed by atoms with Crippen molar-refractivity contribution >= 4 is 5.91 Å². The maximum atomic E-state index is 12.2. The summed E-state index contributed by atoms with van der Waals surface area (Å²) in [5.41, 5.74) is 5.73. The fourth-order valence-corrected chi connectivity index (χ4v) is 2.59. The maximum absolute atomic E-state index is 12.2. The van der Waals surface area contributed by atoms with Gasteiger partial charge >= 0.3 is 0 Å². The molecule has 0 saturated heterocycles. The standard InChI is InChI=1S/C12H24N2O2/c1-2-14(7-8-15)12(16)11-6-4-3-5-10(11)9-13/h10-11,15H,2-9,13H2,1H3. The van der Waals surface area contributed by atoms with Gasteiger partial charge in [-0.2, -0.15) is 0 Å². The third-order valence-electron chi connectivity index (χ3n) is 3.59. The van der Waals surface area contributed by atoms with Crippen LogP contribution in [0.15, 0.2) is 0 Å². The number of nitrogens with zero attached hydrogens (tertiary/aromatic N) is 1. The minimum Gasteiger partial charge on any atom is -0.395 e. The van der Waals surface area contributed by atoms with Gasteiger partial charge < -0.3 is 15.7 Å². The van der Waals surface area contributed by atoms with Gasteiger partial charge in [-0.1, -0.05) is 12.8 Å². The van der Waals surface area contributed by atoms with E-state index in [-0.39, 0.29) is 18.4 Å². The molecule has 94 valence electrons. The van der Waals surface area contributed by atoms with E-state index in [4.69, 9.17) is 10.8 Å². The van der Waals surface area contributed by atoms with Gasteiger partial charge in [-0.3, -0.25) is 4.79 Å². The molecule has 1 saturated carbocycles. The highest BCUT2D eigenvalue weighted by Crippen LogP contribution is 2.30. The number of nitrogens with two attached hydrogens (primary N) is 1. The topological polar surface area (TPSA) is 66.6 Å². The monoisotopic (exact) mass is 228 g/mol. The molecule has 1 amide bonds. The van der Waals surface area contributed by atoms with Crippen LogP contribution in [-0.2, 0) is 4.79 Å². The van der Waals surface area contributed by atoms with Gasteiger partial charge in [-0.25, -0.2) is 0 Å². The van der Waals surface area contributed by atoms with Crippen LogP contribution in [0.2, 0.25) is 0 Å². The van der Waals surface area contributed by atoms with Crippen LogP contribution in [0, 0.1) is 11.8 Å². The van der Waals surface area contributed by atoms with E-state index in [0.717, 1.165) is 19.3 Å². The van der Waals surface area contributed by atoms with Gasteiger partial charge in [-0.15, -0.1) is 0 Å². The van der Waals surface area contributed by atoms with Gasteiger partial charge in [-0.05, 0) is 32.2 Å². The molecule has 0 spiro atoms. The molecular weight excluding hydrogens is 204 g/mol. The number of amides is 1. The van der Waals surface area contributed by atoms with Gasteiger partial charge in [0.25, 0.3) is 0 Å². The van der Waals surface area contributed by atoms with Crippen molar-refractivity contribution in [1.82, 2.24) is 4.90 Å². The molecule has 0 heterocycles. The van der Waals surface area contributed by atoms with Crippen molar-refractivity contribution < 1.29 is 9.90 Å². The molecule has 0 aromatic carbocycles. The Balaban J connectivity index is 2.61. The second-order valence-corrected chi connectivity index (χ2v) is 4.53. The number of aliphatic hydroxyl groups excluding tert-OH is 1. The summed E-state index contributed by atoms with van der Waals surface area (Å²) in [6.07, 6.45) is 4.35. The highest BCUT2D eigenvalue weighted by atomic mass is 16.3. The Hall–Kier alpha value is -0.610. The first-order chi connectivity index (χ1) is 7.74. The van der Waals surface area contributed by atoms with Gasteiger partial charge in [0.15, 0.2) is 0 Å². The van der Waals surface area contributed by atoms with Gasteiger partial charge in [0.1, 0.15) is 0 Å². The van der Waals surface area contributed by atoms with E-state index in [0.29, 0.717) is 25.6 Å². The lowest BCUT2D eigenvalue weighted by Gasteiger charge is -2.33. The summed E-state index contributed by atoms with van der Waals surface area (Å²) in [5.74, 6) is 0.617. The minimum atomic E-state index is 0.0413. The van der Waals surface area contributed by atoms with Crippen molar-refractivity contribution in [2.24, 2.45) is 17.6 Å². The fourth-order valence-electron chi connectivity index (χ4n) is 2.59. The summed E-state index contributed by atoms with van der Waals surface area (Å²) in [6.45, 7) is 3.72. The van der Waals surface area contributed by atoms with Gasteiger partial charge in [0.05, 0.1) is 6.61 Å². The molecule has 2 atom stereocenters. The molecule has 0 aromatic heterocycles. The van der Waals surface area contributed by atoms with Crippen molar-refractivity contribution in [3.8, 4) is 0 Å². The van der Waals surface area contributed by atoms with Gasteiger partial charge in [0, 0.05) is 19.0 Å². The summed E-state index contributed by atoms with van der Waals surface area (Å²) in [5, 5.41) is 8.92. The quantitative estimate of drug-likeness (QED) is 0.724. The van der Waals surface area contributed by atoms with Crippen LogP contribution in [-0.4, -0.2) is 42.2 Å². The molecule has 0 aromatic rings. The largest absolute Gasteiger partial charge is 0.395 e. The fraction of sp³-hybridized carbons (Fsp3) is 0.917. The predicted molar refractivity (Wildman–Crippen MR) is 63.8 cm³/mol. The van der Waals surface area contributed by atoms with Crippen molar-refractivity contribution in [2.45, 2.75) is 32.6 Å². The minimum absolute atomic E-state index is 0.0413. The zero-order valence-corrected chi connectivity index (χ0v) is 10.2. The normalized spacial score (nSPS) is 25.4. The smallest absolute Gasteiger partial charge is 0.226 e. The van der Waals surface area contributed by atoms with E-state index < -0.39 is 0 Å². The second kappa shape index (κ2) is 6.86. The van der Waals surface area contributed by atoms with Crippen LogP contribution in [0.4, 0.5) is 0 Å². The molecule has 3 N–H and O–H groups in total. The Kier molecular flexibility index (Phi) is 5.77. The molecule has 0 bridgehead atoms.